The summed E-state index contributed by atoms with van der Waals surface area (Å²) in [6.45, 7) is 3.54. The number of rotatable bonds is 9. The van der Waals surface area contributed by atoms with Crippen LogP contribution in [0.4, 0.5) is 5.69 Å². The van der Waals surface area contributed by atoms with E-state index in [1.54, 1.807) is 11.9 Å². The predicted octanol–water partition coefficient (Wildman–Crippen LogP) is 2.18. The number of Topliss-reactive ketones (excluding diaryl/α,β-unsaturated/α-hetero) is 1. The summed E-state index contributed by atoms with van der Waals surface area (Å²) in [5.74, 6) is -0.592. The molecule has 2 N–H and O–H groups in total. The summed E-state index contributed by atoms with van der Waals surface area (Å²) in [6, 6.07) is 16.5. The van der Waals surface area contributed by atoms with Crippen LogP contribution in [0.3, 0.4) is 0 Å². The highest BCUT2D eigenvalue weighted by molar-refractivity contribution is 5.93. The third kappa shape index (κ3) is 7.32. The van der Waals surface area contributed by atoms with Gasteiger partial charge in [0.25, 0.3) is 0 Å². The summed E-state index contributed by atoms with van der Waals surface area (Å²) < 4.78 is 0. The van der Waals surface area contributed by atoms with E-state index in [4.69, 9.17) is 0 Å². The molecule has 0 unspecified atom stereocenters. The number of carbonyl (C=O) groups excluding carboxylic acids is 3. The van der Waals surface area contributed by atoms with E-state index in [2.05, 4.69) is 10.6 Å². The molecule has 2 aromatic rings. The average molecular weight is 381 g/mol. The maximum absolute atomic E-state index is 12.3. The smallest absolute Gasteiger partial charge is 0.238 e. The van der Waals surface area contributed by atoms with E-state index in [0.717, 1.165) is 11.1 Å². The van der Waals surface area contributed by atoms with Gasteiger partial charge in [-0.3, -0.25) is 19.3 Å². The van der Waals surface area contributed by atoms with Gasteiger partial charge in [-0.2, -0.15) is 0 Å². The van der Waals surface area contributed by atoms with E-state index < -0.39 is 6.04 Å². The van der Waals surface area contributed by atoms with Crippen LogP contribution in [-0.2, 0) is 20.8 Å². The van der Waals surface area contributed by atoms with Crippen molar-refractivity contribution >= 4 is 23.3 Å². The van der Waals surface area contributed by atoms with Crippen molar-refractivity contribution in [2.24, 2.45) is 0 Å². The van der Waals surface area contributed by atoms with Gasteiger partial charge < -0.3 is 10.6 Å². The predicted molar refractivity (Wildman–Crippen MR) is 110 cm³/mol. The van der Waals surface area contributed by atoms with Gasteiger partial charge in [-0.1, -0.05) is 48.0 Å². The molecule has 148 valence electrons. The fraction of sp³-hybridized carbons (Fsp3) is 0.318. The highest BCUT2D eigenvalue weighted by Crippen LogP contribution is 2.08. The van der Waals surface area contributed by atoms with Crippen molar-refractivity contribution in [2.75, 3.05) is 25.5 Å². The van der Waals surface area contributed by atoms with Crippen LogP contribution in [0.25, 0.3) is 0 Å². The summed E-state index contributed by atoms with van der Waals surface area (Å²) >= 11 is 0. The zero-order chi connectivity index (χ0) is 20.5. The lowest BCUT2D eigenvalue weighted by Crippen LogP contribution is -2.46. The molecule has 0 bridgehead atoms. The molecule has 0 saturated carbocycles. The van der Waals surface area contributed by atoms with Gasteiger partial charge in [-0.05, 0) is 45.0 Å². The van der Waals surface area contributed by atoms with Crippen molar-refractivity contribution in [1.29, 1.82) is 0 Å². The summed E-state index contributed by atoms with van der Waals surface area (Å²) in [4.78, 5) is 37.9. The second kappa shape index (κ2) is 10.4. The molecule has 2 aromatic carbocycles. The number of amides is 2. The Kier molecular flexibility index (Phi) is 7.89. The number of benzene rings is 2. The summed E-state index contributed by atoms with van der Waals surface area (Å²) in [6.07, 6.45) is 0.444. The van der Waals surface area contributed by atoms with Gasteiger partial charge in [0.05, 0.1) is 19.1 Å². The number of nitrogens with zero attached hydrogens (tertiary/aromatic N) is 1. The Labute approximate surface area is 165 Å². The number of likely N-dealkylation sites (N-methyl/N-ethyl adjacent to an activating group) is 1. The largest absolute Gasteiger partial charge is 0.345 e. The molecule has 0 radical (unpaired) electrons. The highest BCUT2D eigenvalue weighted by Gasteiger charge is 2.19. The van der Waals surface area contributed by atoms with Crippen LogP contribution in [0.5, 0.6) is 0 Å². The summed E-state index contributed by atoms with van der Waals surface area (Å²) in [5.41, 5.74) is 2.81. The van der Waals surface area contributed by atoms with Crippen LogP contribution in [0.2, 0.25) is 0 Å². The van der Waals surface area contributed by atoms with Crippen LogP contribution in [0.1, 0.15) is 18.1 Å². The van der Waals surface area contributed by atoms with E-state index in [1.807, 2.05) is 61.5 Å². The Morgan fingerprint density at radius 1 is 0.929 bits per heavy atom. The number of anilines is 1. The molecular weight excluding hydrogens is 354 g/mol. The first-order valence-electron chi connectivity index (χ1n) is 9.22. The molecule has 0 fully saturated rings. The van der Waals surface area contributed by atoms with E-state index in [9.17, 15) is 14.4 Å². The molecule has 28 heavy (non-hydrogen) atoms. The lowest BCUT2D eigenvalue weighted by Gasteiger charge is -2.20. The molecule has 0 aromatic heterocycles. The third-order valence-electron chi connectivity index (χ3n) is 4.27. The zero-order valence-corrected chi connectivity index (χ0v) is 16.6. The molecule has 0 aliphatic rings. The fourth-order valence-corrected chi connectivity index (χ4v) is 2.77. The lowest BCUT2D eigenvalue weighted by atomic mass is 10.0. The Bertz CT molecular complexity index is 804. The first-order valence-corrected chi connectivity index (χ1v) is 9.22. The maximum atomic E-state index is 12.3. The van der Waals surface area contributed by atoms with E-state index in [-0.39, 0.29) is 30.7 Å². The molecule has 2 rings (SSSR count). The van der Waals surface area contributed by atoms with Crippen LogP contribution < -0.4 is 10.6 Å². The van der Waals surface area contributed by atoms with Gasteiger partial charge in [0, 0.05) is 5.69 Å². The van der Waals surface area contributed by atoms with Crippen LogP contribution in [0.15, 0.2) is 54.6 Å². The van der Waals surface area contributed by atoms with Crippen molar-refractivity contribution in [1.82, 2.24) is 10.2 Å². The second-order valence-corrected chi connectivity index (χ2v) is 7.01. The Balaban J connectivity index is 1.82. The second-order valence-electron chi connectivity index (χ2n) is 7.01. The number of aryl methyl sites for hydroxylation is 1. The zero-order valence-electron chi connectivity index (χ0n) is 16.6. The quantitative estimate of drug-likeness (QED) is 0.698. The van der Waals surface area contributed by atoms with Crippen molar-refractivity contribution in [3.63, 3.8) is 0 Å². The molecule has 0 spiro atoms. The molecule has 2 amide bonds. The lowest BCUT2D eigenvalue weighted by molar-refractivity contribution is -0.128. The number of ketones is 1. The van der Waals surface area contributed by atoms with Gasteiger partial charge in [-0.15, -0.1) is 0 Å². The minimum Gasteiger partial charge on any atom is -0.345 e. The van der Waals surface area contributed by atoms with Crippen molar-refractivity contribution < 1.29 is 14.4 Å². The van der Waals surface area contributed by atoms with Crippen molar-refractivity contribution in [2.45, 2.75) is 26.3 Å². The monoisotopic (exact) mass is 381 g/mol. The highest BCUT2D eigenvalue weighted by atomic mass is 16.2. The first kappa shape index (κ1) is 21.3. The SMILES string of the molecule is CC(=O)[C@H](Cc1ccccc1)NC(=O)CN(C)CC(=O)Nc1ccc(C)cc1. The molecule has 0 aliphatic carbocycles. The Morgan fingerprint density at radius 2 is 1.54 bits per heavy atom. The Morgan fingerprint density at radius 3 is 2.14 bits per heavy atom. The van der Waals surface area contributed by atoms with E-state index in [1.165, 1.54) is 6.92 Å². The van der Waals surface area contributed by atoms with Crippen LogP contribution in [0, 0.1) is 6.92 Å². The number of hydrogen-bond acceptors (Lipinski definition) is 4. The minimum absolute atomic E-state index is 0.0277. The maximum Gasteiger partial charge on any atom is 0.238 e. The standard InChI is InChI=1S/C22H27N3O3/c1-16-9-11-19(12-10-16)23-21(27)14-25(3)15-22(28)24-20(17(2)26)13-18-7-5-4-6-8-18/h4-12,20H,13-15H2,1-3H3,(H,23,27)(H,24,28)/t20-/m0/s1. The average Bonchev–Trinajstić information content (AvgIpc) is 2.63. The third-order valence-corrected chi connectivity index (χ3v) is 4.27. The van der Waals surface area contributed by atoms with Crippen molar-refractivity contribution in [3.05, 3.63) is 65.7 Å². The van der Waals surface area contributed by atoms with E-state index in [0.29, 0.717) is 12.1 Å². The van der Waals surface area contributed by atoms with Gasteiger partial charge >= 0.3 is 0 Å². The summed E-state index contributed by atoms with van der Waals surface area (Å²) in [5, 5.41) is 5.56. The normalized spacial score (nSPS) is 11.7. The van der Waals surface area contributed by atoms with Gasteiger partial charge in [0.1, 0.15) is 0 Å². The molecule has 0 aliphatic heterocycles. The number of nitrogens with one attached hydrogen (secondary N) is 2. The molecule has 0 heterocycles. The van der Waals surface area contributed by atoms with Gasteiger partial charge in [-0.25, -0.2) is 0 Å². The molecule has 6 nitrogen and oxygen atoms in total. The van der Waals surface area contributed by atoms with Gasteiger partial charge in [0.15, 0.2) is 5.78 Å². The molecule has 0 saturated heterocycles. The minimum atomic E-state index is -0.579. The Hall–Kier alpha value is -2.99. The molecular formula is C22H27N3O3. The van der Waals surface area contributed by atoms with Crippen LogP contribution >= 0.6 is 0 Å². The topological polar surface area (TPSA) is 78.5 Å². The first-order chi connectivity index (χ1) is 13.3. The van der Waals surface area contributed by atoms with E-state index >= 15 is 0 Å². The van der Waals surface area contributed by atoms with Crippen molar-refractivity contribution in [3.8, 4) is 0 Å². The van der Waals surface area contributed by atoms with Crippen LogP contribution in [-0.4, -0.2) is 48.7 Å². The summed E-state index contributed by atoms with van der Waals surface area (Å²) in [7, 11) is 1.69. The number of carbonyl (C=O) groups is 3. The number of hydrogen-bond donors (Lipinski definition) is 2. The van der Waals surface area contributed by atoms with Gasteiger partial charge in [0.2, 0.25) is 11.8 Å². The molecule has 1 atom stereocenters. The fourth-order valence-electron chi connectivity index (χ4n) is 2.77. The molecule has 6 heteroatoms.